The number of anilines is 1. The van der Waals surface area contributed by atoms with Crippen molar-refractivity contribution in [1.29, 1.82) is 0 Å². The Hall–Kier alpha value is -1.24. The van der Waals surface area contributed by atoms with Gasteiger partial charge in [0.1, 0.15) is 0 Å². The van der Waals surface area contributed by atoms with Crippen LogP contribution in [0.15, 0.2) is 33.2 Å². The number of hydrazone groups is 1. The summed E-state index contributed by atoms with van der Waals surface area (Å²) in [5.74, 6) is -0.198. The number of aromatic nitrogens is 1. The first kappa shape index (κ1) is 15.2. The van der Waals surface area contributed by atoms with Gasteiger partial charge in [0.25, 0.3) is 0 Å². The summed E-state index contributed by atoms with van der Waals surface area (Å²) in [5, 5.41) is 6.66. The average Bonchev–Trinajstić information content (AvgIpc) is 2.71. The summed E-state index contributed by atoms with van der Waals surface area (Å²) < 4.78 is 0.889. The predicted molar refractivity (Wildman–Crippen MR) is 86.8 cm³/mol. The molecule has 104 valence electrons. The molecule has 0 saturated carbocycles. The highest BCUT2D eigenvalue weighted by atomic mass is 79.9. The Balaban J connectivity index is 2.26. The van der Waals surface area contributed by atoms with Crippen molar-refractivity contribution in [2.24, 2.45) is 5.10 Å². The molecule has 2 rings (SSSR count). The van der Waals surface area contributed by atoms with Crippen LogP contribution in [-0.2, 0) is 4.79 Å². The van der Waals surface area contributed by atoms with Gasteiger partial charge in [-0.25, -0.2) is 4.98 Å². The molecule has 0 bridgehead atoms. The number of nitrogens with zero attached hydrogens (tertiary/aromatic N) is 3. The van der Waals surface area contributed by atoms with E-state index in [0.717, 1.165) is 15.0 Å². The number of rotatable bonds is 3. The molecule has 0 fully saturated rings. The minimum atomic E-state index is -0.198. The van der Waals surface area contributed by atoms with Crippen molar-refractivity contribution in [2.75, 3.05) is 5.01 Å². The van der Waals surface area contributed by atoms with E-state index >= 15 is 0 Å². The lowest BCUT2D eigenvalue weighted by molar-refractivity contribution is -0.116. The van der Waals surface area contributed by atoms with Crippen molar-refractivity contribution in [3.05, 3.63) is 44.3 Å². The van der Waals surface area contributed by atoms with Gasteiger partial charge in [-0.2, -0.15) is 10.1 Å². The number of aryl methyl sites for hydroxylation is 1. The molecular weight excluding hydrogens is 362 g/mol. The van der Waals surface area contributed by atoms with E-state index in [1.54, 1.807) is 18.3 Å². The Labute approximate surface area is 134 Å². The molecule has 0 N–H and O–H groups in total. The predicted octanol–water partition coefficient (Wildman–Crippen LogP) is 4.25. The fourth-order valence-electron chi connectivity index (χ4n) is 1.39. The molecule has 2 aromatic rings. The molecule has 1 heterocycles. The molecule has 0 radical (unpaired) electrons. The number of thiazole rings is 1. The molecule has 1 aromatic carbocycles. The maximum Gasteiger partial charge on any atom is 0.246 e. The first-order valence-corrected chi connectivity index (χ1v) is 7.69. The lowest BCUT2D eigenvalue weighted by Gasteiger charge is -2.10. The second-order valence-electron chi connectivity index (χ2n) is 3.98. The molecule has 0 aliphatic carbocycles. The van der Waals surface area contributed by atoms with Crippen molar-refractivity contribution in [2.45, 2.75) is 13.8 Å². The van der Waals surface area contributed by atoms with Gasteiger partial charge >= 0.3 is 0 Å². The third-order valence-corrected chi connectivity index (χ3v) is 4.63. The molecule has 1 aromatic heterocycles. The quantitative estimate of drug-likeness (QED) is 0.597. The van der Waals surface area contributed by atoms with Crippen LogP contribution in [0.1, 0.15) is 18.2 Å². The van der Waals surface area contributed by atoms with E-state index in [1.165, 1.54) is 23.3 Å². The zero-order valence-electron chi connectivity index (χ0n) is 10.8. The zero-order chi connectivity index (χ0) is 14.7. The average molecular weight is 373 g/mol. The topological polar surface area (TPSA) is 45.6 Å². The van der Waals surface area contributed by atoms with Gasteiger partial charge in [-0.1, -0.05) is 35.1 Å². The molecule has 7 heteroatoms. The number of halogens is 2. The second-order valence-corrected chi connectivity index (χ2v) is 6.71. The summed E-state index contributed by atoms with van der Waals surface area (Å²) in [4.78, 5) is 16.0. The van der Waals surface area contributed by atoms with Crippen molar-refractivity contribution in [3.8, 4) is 0 Å². The molecule has 0 spiro atoms. The highest BCUT2D eigenvalue weighted by Crippen LogP contribution is 2.30. The van der Waals surface area contributed by atoms with E-state index in [9.17, 15) is 4.79 Å². The van der Waals surface area contributed by atoms with E-state index in [0.29, 0.717) is 10.2 Å². The number of hydrogen-bond donors (Lipinski definition) is 0. The smallest absolute Gasteiger partial charge is 0.246 e. The van der Waals surface area contributed by atoms with Crippen molar-refractivity contribution in [1.82, 2.24) is 4.98 Å². The van der Waals surface area contributed by atoms with Crippen molar-refractivity contribution >= 4 is 56.1 Å². The summed E-state index contributed by atoms with van der Waals surface area (Å²) in [6.07, 6.45) is 1.60. The van der Waals surface area contributed by atoms with E-state index in [1.807, 2.05) is 19.1 Å². The van der Waals surface area contributed by atoms with E-state index in [4.69, 9.17) is 11.6 Å². The summed E-state index contributed by atoms with van der Waals surface area (Å²) in [6, 6.07) is 7.19. The molecular formula is C13H11BrClN3OS. The zero-order valence-corrected chi connectivity index (χ0v) is 14.0. The van der Waals surface area contributed by atoms with Crippen LogP contribution in [0.2, 0.25) is 5.02 Å². The Morgan fingerprint density at radius 3 is 2.60 bits per heavy atom. The third-order valence-electron chi connectivity index (χ3n) is 2.40. The molecule has 0 saturated heterocycles. The van der Waals surface area contributed by atoms with E-state index < -0.39 is 0 Å². The van der Waals surface area contributed by atoms with Gasteiger partial charge in [0.05, 0.1) is 15.7 Å². The summed E-state index contributed by atoms with van der Waals surface area (Å²) in [5.41, 5.74) is 1.69. The number of carbonyl (C=O) groups excluding carboxylic acids is 1. The minimum absolute atomic E-state index is 0.198. The van der Waals surface area contributed by atoms with Crippen LogP contribution >= 0.6 is 38.9 Å². The van der Waals surface area contributed by atoms with E-state index in [2.05, 4.69) is 26.0 Å². The maximum absolute atomic E-state index is 11.7. The molecule has 4 nitrogen and oxygen atoms in total. The largest absolute Gasteiger partial charge is 0.273 e. The Morgan fingerprint density at radius 1 is 1.45 bits per heavy atom. The maximum atomic E-state index is 11.7. The summed E-state index contributed by atoms with van der Waals surface area (Å²) in [7, 11) is 0. The van der Waals surface area contributed by atoms with Gasteiger partial charge in [-0.3, -0.25) is 4.79 Å². The van der Waals surface area contributed by atoms with Crippen LogP contribution < -0.4 is 5.01 Å². The van der Waals surface area contributed by atoms with Crippen LogP contribution in [-0.4, -0.2) is 17.1 Å². The van der Waals surface area contributed by atoms with Gasteiger partial charge in [-0.05, 0) is 40.5 Å². The van der Waals surface area contributed by atoms with Crippen molar-refractivity contribution < 1.29 is 4.79 Å². The third kappa shape index (κ3) is 3.65. The number of hydrogen-bond acceptors (Lipinski definition) is 4. The van der Waals surface area contributed by atoms with Crippen LogP contribution in [0.25, 0.3) is 0 Å². The monoisotopic (exact) mass is 371 g/mol. The van der Waals surface area contributed by atoms with Gasteiger partial charge in [0.15, 0.2) is 0 Å². The SMILES string of the molecule is CC(=O)N(/N=C/c1ccc(Cl)cc1)c1nc(C)c(Br)s1. The molecule has 0 atom stereocenters. The lowest BCUT2D eigenvalue weighted by Crippen LogP contribution is -2.22. The Kier molecular flexibility index (Phi) is 4.91. The highest BCUT2D eigenvalue weighted by Gasteiger charge is 2.15. The van der Waals surface area contributed by atoms with Crippen LogP contribution in [0, 0.1) is 6.92 Å². The first-order valence-electron chi connectivity index (χ1n) is 5.70. The molecule has 0 unspecified atom stereocenters. The Morgan fingerprint density at radius 2 is 2.10 bits per heavy atom. The van der Waals surface area contributed by atoms with Crippen LogP contribution in [0.5, 0.6) is 0 Å². The number of carbonyl (C=O) groups is 1. The van der Waals surface area contributed by atoms with Gasteiger partial charge < -0.3 is 0 Å². The van der Waals surface area contributed by atoms with E-state index in [-0.39, 0.29) is 5.91 Å². The van der Waals surface area contributed by atoms with Crippen molar-refractivity contribution in [3.63, 3.8) is 0 Å². The molecule has 0 aliphatic rings. The van der Waals surface area contributed by atoms with Gasteiger partial charge in [-0.15, -0.1) is 0 Å². The summed E-state index contributed by atoms with van der Waals surface area (Å²) in [6.45, 7) is 3.31. The number of amides is 1. The lowest BCUT2D eigenvalue weighted by atomic mass is 10.2. The standard InChI is InChI=1S/C13H11BrClN3OS/c1-8-12(14)20-13(17-8)18(9(2)19)16-7-10-3-5-11(15)6-4-10/h3-7H,1-2H3/b16-7+. The fourth-order valence-corrected chi connectivity index (χ4v) is 2.84. The number of benzene rings is 1. The minimum Gasteiger partial charge on any atom is -0.273 e. The molecule has 20 heavy (non-hydrogen) atoms. The van der Waals surface area contributed by atoms with Gasteiger partial charge in [0, 0.05) is 11.9 Å². The van der Waals surface area contributed by atoms with Crippen LogP contribution in [0.4, 0.5) is 5.13 Å². The van der Waals surface area contributed by atoms with Crippen LogP contribution in [0.3, 0.4) is 0 Å². The first-order chi connectivity index (χ1) is 9.47. The second kappa shape index (κ2) is 6.47. The normalized spacial score (nSPS) is 11.0. The Bertz CT molecular complexity index is 635. The summed E-state index contributed by atoms with van der Waals surface area (Å²) >= 11 is 10.6. The molecule has 0 aliphatic heterocycles. The fraction of sp³-hybridized carbons (Fsp3) is 0.154. The van der Waals surface area contributed by atoms with Gasteiger partial charge in [0.2, 0.25) is 11.0 Å². The highest BCUT2D eigenvalue weighted by molar-refractivity contribution is 9.11. The molecule has 1 amide bonds.